The Balaban J connectivity index is 2.25. The van der Waals surface area contributed by atoms with Gasteiger partial charge in [-0.1, -0.05) is 0 Å². The number of alkyl carbamates (subject to hydrolysis) is 1. The molecule has 1 atom stereocenters. The Labute approximate surface area is 135 Å². The van der Waals surface area contributed by atoms with Crippen molar-refractivity contribution >= 4 is 12.0 Å². The molecule has 0 saturated carbocycles. The van der Waals surface area contributed by atoms with Gasteiger partial charge in [-0.25, -0.2) is 9.18 Å². The van der Waals surface area contributed by atoms with Crippen LogP contribution in [0.4, 0.5) is 9.18 Å². The van der Waals surface area contributed by atoms with E-state index in [1.165, 1.54) is 24.3 Å². The second-order valence-electron chi connectivity index (χ2n) is 6.09. The summed E-state index contributed by atoms with van der Waals surface area (Å²) >= 11 is 0. The number of halogens is 1. The van der Waals surface area contributed by atoms with E-state index in [2.05, 4.69) is 10.6 Å². The number of carbonyl (C=O) groups excluding carboxylic acids is 2. The standard InChI is InChI=1S/C16H23FN2O4/c1-11(10-22-13-7-5-12(17)6-8-13)19-14(20)9-18-15(21)23-16(2,3)4/h5-8,11H,9-10H2,1-4H3,(H,18,21)(H,19,20). The van der Waals surface area contributed by atoms with Crippen molar-refractivity contribution in [3.8, 4) is 5.75 Å². The zero-order valence-electron chi connectivity index (χ0n) is 13.8. The summed E-state index contributed by atoms with van der Waals surface area (Å²) in [6, 6.07) is 5.34. The number of benzene rings is 1. The highest BCUT2D eigenvalue weighted by Gasteiger charge is 2.17. The van der Waals surface area contributed by atoms with Gasteiger partial charge in [-0.15, -0.1) is 0 Å². The summed E-state index contributed by atoms with van der Waals surface area (Å²) in [5, 5.41) is 5.04. The minimum absolute atomic E-state index is 0.185. The van der Waals surface area contributed by atoms with Crippen molar-refractivity contribution in [3.05, 3.63) is 30.1 Å². The van der Waals surface area contributed by atoms with Gasteiger partial charge in [0.05, 0.1) is 6.04 Å². The van der Waals surface area contributed by atoms with Crippen LogP contribution in [-0.2, 0) is 9.53 Å². The Hall–Kier alpha value is -2.31. The smallest absolute Gasteiger partial charge is 0.408 e. The zero-order valence-corrected chi connectivity index (χ0v) is 13.8. The Morgan fingerprint density at radius 3 is 2.39 bits per heavy atom. The van der Waals surface area contributed by atoms with Gasteiger partial charge in [-0.3, -0.25) is 4.79 Å². The molecule has 1 aromatic rings. The molecule has 0 aliphatic rings. The molecule has 0 bridgehead atoms. The second kappa shape index (κ2) is 8.36. The van der Waals surface area contributed by atoms with Crippen LogP contribution in [0.5, 0.6) is 5.75 Å². The third-order valence-electron chi connectivity index (χ3n) is 2.51. The van der Waals surface area contributed by atoms with Crippen LogP contribution in [0.25, 0.3) is 0 Å². The largest absolute Gasteiger partial charge is 0.491 e. The molecule has 1 rings (SSSR count). The monoisotopic (exact) mass is 326 g/mol. The van der Waals surface area contributed by atoms with Crippen molar-refractivity contribution in [2.45, 2.75) is 39.3 Å². The van der Waals surface area contributed by atoms with Crippen LogP contribution in [0.2, 0.25) is 0 Å². The average Bonchev–Trinajstić information content (AvgIpc) is 2.43. The number of amides is 2. The van der Waals surface area contributed by atoms with Crippen molar-refractivity contribution in [2.75, 3.05) is 13.2 Å². The quantitative estimate of drug-likeness (QED) is 0.840. The fraction of sp³-hybridized carbons (Fsp3) is 0.500. The molecule has 7 heteroatoms. The highest BCUT2D eigenvalue weighted by molar-refractivity contribution is 5.82. The number of hydrogen-bond acceptors (Lipinski definition) is 4. The Bertz CT molecular complexity index is 526. The van der Waals surface area contributed by atoms with Gasteiger partial charge in [0.25, 0.3) is 0 Å². The van der Waals surface area contributed by atoms with E-state index < -0.39 is 11.7 Å². The van der Waals surface area contributed by atoms with Crippen molar-refractivity contribution in [1.29, 1.82) is 0 Å². The summed E-state index contributed by atoms with van der Waals surface area (Å²) in [5.74, 6) is -0.183. The Morgan fingerprint density at radius 1 is 1.22 bits per heavy atom. The van der Waals surface area contributed by atoms with Gasteiger partial charge in [0.1, 0.15) is 30.3 Å². The molecule has 0 saturated heterocycles. The lowest BCUT2D eigenvalue weighted by Gasteiger charge is -2.20. The third kappa shape index (κ3) is 8.65. The minimum Gasteiger partial charge on any atom is -0.491 e. The molecule has 1 unspecified atom stereocenters. The van der Waals surface area contributed by atoms with Crippen molar-refractivity contribution in [2.24, 2.45) is 0 Å². The highest BCUT2D eigenvalue weighted by atomic mass is 19.1. The summed E-state index contributed by atoms with van der Waals surface area (Å²) in [4.78, 5) is 23.1. The first-order valence-electron chi connectivity index (χ1n) is 7.30. The summed E-state index contributed by atoms with van der Waals surface area (Å²) in [7, 11) is 0. The fourth-order valence-electron chi connectivity index (χ4n) is 1.59. The molecular formula is C16H23FN2O4. The van der Waals surface area contributed by atoms with Gasteiger partial charge in [0.2, 0.25) is 5.91 Å². The molecule has 0 heterocycles. The predicted molar refractivity (Wildman–Crippen MR) is 83.7 cm³/mol. The average molecular weight is 326 g/mol. The number of rotatable bonds is 6. The van der Waals surface area contributed by atoms with Gasteiger partial charge in [0, 0.05) is 0 Å². The molecule has 0 fully saturated rings. The van der Waals surface area contributed by atoms with E-state index >= 15 is 0 Å². The van der Waals surface area contributed by atoms with E-state index in [1.807, 2.05) is 0 Å². The lowest BCUT2D eigenvalue weighted by atomic mass is 10.2. The molecule has 2 amide bonds. The number of hydrogen-bond donors (Lipinski definition) is 2. The predicted octanol–water partition coefficient (Wildman–Crippen LogP) is 2.23. The minimum atomic E-state index is -0.650. The maximum atomic E-state index is 12.8. The van der Waals surface area contributed by atoms with Crippen LogP contribution < -0.4 is 15.4 Å². The molecular weight excluding hydrogens is 303 g/mol. The van der Waals surface area contributed by atoms with Crippen LogP contribution in [0.1, 0.15) is 27.7 Å². The van der Waals surface area contributed by atoms with E-state index in [4.69, 9.17) is 9.47 Å². The van der Waals surface area contributed by atoms with E-state index in [0.717, 1.165) is 0 Å². The zero-order chi connectivity index (χ0) is 17.5. The summed E-state index contributed by atoms with van der Waals surface area (Å²) in [5.41, 5.74) is -0.614. The second-order valence-corrected chi connectivity index (χ2v) is 6.09. The van der Waals surface area contributed by atoms with E-state index in [1.54, 1.807) is 27.7 Å². The molecule has 6 nitrogen and oxygen atoms in total. The SMILES string of the molecule is CC(COc1ccc(F)cc1)NC(=O)CNC(=O)OC(C)(C)C. The Kier molecular flexibility index (Phi) is 6.81. The normalized spacial score (nSPS) is 12.2. The number of ether oxygens (including phenoxy) is 2. The van der Waals surface area contributed by atoms with E-state index in [9.17, 15) is 14.0 Å². The molecule has 128 valence electrons. The van der Waals surface area contributed by atoms with Crippen LogP contribution in [-0.4, -0.2) is 36.8 Å². The molecule has 23 heavy (non-hydrogen) atoms. The maximum absolute atomic E-state index is 12.8. The van der Waals surface area contributed by atoms with Crippen molar-refractivity contribution in [3.63, 3.8) is 0 Å². The Morgan fingerprint density at radius 2 is 1.83 bits per heavy atom. The van der Waals surface area contributed by atoms with Gasteiger partial charge in [0.15, 0.2) is 0 Å². The lowest BCUT2D eigenvalue weighted by molar-refractivity contribution is -0.121. The molecule has 1 aromatic carbocycles. The molecule has 0 aromatic heterocycles. The molecule has 0 aliphatic carbocycles. The highest BCUT2D eigenvalue weighted by Crippen LogP contribution is 2.11. The molecule has 0 aliphatic heterocycles. The van der Waals surface area contributed by atoms with Crippen LogP contribution in [0.15, 0.2) is 24.3 Å². The van der Waals surface area contributed by atoms with Crippen LogP contribution in [0, 0.1) is 5.82 Å². The maximum Gasteiger partial charge on any atom is 0.408 e. The van der Waals surface area contributed by atoms with Gasteiger partial charge in [-0.2, -0.15) is 0 Å². The van der Waals surface area contributed by atoms with Crippen LogP contribution in [0.3, 0.4) is 0 Å². The van der Waals surface area contributed by atoms with E-state index in [-0.39, 0.29) is 30.9 Å². The summed E-state index contributed by atoms with van der Waals surface area (Å²) in [6.45, 7) is 7.01. The first-order valence-corrected chi connectivity index (χ1v) is 7.30. The first kappa shape index (κ1) is 18.7. The van der Waals surface area contributed by atoms with Crippen molar-refractivity contribution < 1.29 is 23.5 Å². The number of carbonyl (C=O) groups is 2. The van der Waals surface area contributed by atoms with E-state index in [0.29, 0.717) is 5.75 Å². The van der Waals surface area contributed by atoms with Crippen molar-refractivity contribution in [1.82, 2.24) is 10.6 Å². The summed E-state index contributed by atoms with van der Waals surface area (Å²) < 4.78 is 23.2. The third-order valence-corrected chi connectivity index (χ3v) is 2.51. The molecule has 0 spiro atoms. The first-order chi connectivity index (χ1) is 10.7. The van der Waals surface area contributed by atoms with Gasteiger partial charge < -0.3 is 20.1 Å². The number of nitrogens with one attached hydrogen (secondary N) is 2. The van der Waals surface area contributed by atoms with Gasteiger partial charge >= 0.3 is 6.09 Å². The summed E-state index contributed by atoms with van der Waals surface area (Å²) in [6.07, 6.45) is -0.650. The van der Waals surface area contributed by atoms with Crippen LogP contribution >= 0.6 is 0 Å². The topological polar surface area (TPSA) is 76.7 Å². The molecule has 2 N–H and O–H groups in total. The lowest BCUT2D eigenvalue weighted by Crippen LogP contribution is -2.44. The fourth-order valence-corrected chi connectivity index (χ4v) is 1.59. The molecule has 0 radical (unpaired) electrons. The van der Waals surface area contributed by atoms with Gasteiger partial charge in [-0.05, 0) is 52.0 Å².